The van der Waals surface area contributed by atoms with Crippen LogP contribution in [0.1, 0.15) is 15.9 Å². The first-order valence-corrected chi connectivity index (χ1v) is 3.94. The lowest BCUT2D eigenvalue weighted by Gasteiger charge is -2.00. The molecule has 0 bridgehead atoms. The van der Waals surface area contributed by atoms with Gasteiger partial charge in [-0.05, 0) is 23.8 Å². The zero-order chi connectivity index (χ0) is 11.4. The first kappa shape index (κ1) is 10.9. The molecule has 15 heavy (non-hydrogen) atoms. The maximum absolute atomic E-state index is 12.7. The Morgan fingerprint density at radius 3 is 2.47 bits per heavy atom. The van der Waals surface area contributed by atoms with Gasteiger partial charge in [-0.3, -0.25) is 0 Å². The van der Waals surface area contributed by atoms with E-state index in [1.54, 1.807) is 0 Å². The number of aliphatic carboxylic acids is 1. The minimum atomic E-state index is -1.31. The number of aromatic carboxylic acids is 1. The van der Waals surface area contributed by atoms with Crippen molar-refractivity contribution in [2.24, 2.45) is 0 Å². The number of carboxylic acid groups (broad SMARTS) is 2. The predicted molar refractivity (Wildman–Crippen MR) is 50.0 cm³/mol. The fraction of sp³-hybridized carbons (Fsp3) is 0. The lowest BCUT2D eigenvalue weighted by Crippen LogP contribution is -2.00. The molecule has 1 aromatic rings. The van der Waals surface area contributed by atoms with Crippen molar-refractivity contribution in [2.45, 2.75) is 0 Å². The van der Waals surface area contributed by atoms with Gasteiger partial charge in [0.05, 0.1) is 5.56 Å². The number of hydrogen-bond acceptors (Lipinski definition) is 2. The Kier molecular flexibility index (Phi) is 3.17. The van der Waals surface area contributed by atoms with Gasteiger partial charge in [0.1, 0.15) is 5.82 Å². The Hall–Kier alpha value is -2.17. The van der Waals surface area contributed by atoms with E-state index in [2.05, 4.69) is 0 Å². The minimum absolute atomic E-state index is 0.145. The molecule has 0 unspecified atom stereocenters. The van der Waals surface area contributed by atoms with Gasteiger partial charge in [-0.25, -0.2) is 14.0 Å². The number of hydrogen-bond donors (Lipinski definition) is 2. The molecular weight excluding hydrogens is 203 g/mol. The smallest absolute Gasteiger partial charge is 0.336 e. The molecule has 0 fully saturated rings. The van der Waals surface area contributed by atoms with Crippen molar-refractivity contribution in [1.29, 1.82) is 0 Å². The molecule has 0 aliphatic carbocycles. The van der Waals surface area contributed by atoms with Crippen molar-refractivity contribution in [3.05, 3.63) is 41.2 Å². The van der Waals surface area contributed by atoms with Gasteiger partial charge in [-0.15, -0.1) is 0 Å². The molecule has 0 heterocycles. The molecule has 0 saturated heterocycles. The molecule has 0 aliphatic heterocycles. The van der Waals surface area contributed by atoms with Crippen LogP contribution in [0.4, 0.5) is 4.39 Å². The monoisotopic (exact) mass is 210 g/mol. The first-order valence-electron chi connectivity index (χ1n) is 3.94. The van der Waals surface area contributed by atoms with Crippen molar-refractivity contribution >= 4 is 18.0 Å². The maximum Gasteiger partial charge on any atom is 0.336 e. The molecule has 4 nitrogen and oxygen atoms in total. The highest BCUT2D eigenvalue weighted by Crippen LogP contribution is 2.13. The SMILES string of the molecule is O=C(O)C=Cc1ccc(F)cc1C(=O)O. The van der Waals surface area contributed by atoms with E-state index in [0.29, 0.717) is 0 Å². The summed E-state index contributed by atoms with van der Waals surface area (Å²) in [4.78, 5) is 20.9. The van der Waals surface area contributed by atoms with E-state index in [1.807, 2.05) is 0 Å². The van der Waals surface area contributed by atoms with Crippen molar-refractivity contribution in [3.63, 3.8) is 0 Å². The van der Waals surface area contributed by atoms with Crippen molar-refractivity contribution < 1.29 is 24.2 Å². The molecule has 0 aliphatic rings. The maximum atomic E-state index is 12.7. The van der Waals surface area contributed by atoms with Gasteiger partial charge < -0.3 is 10.2 Å². The van der Waals surface area contributed by atoms with Gasteiger partial charge in [-0.1, -0.05) is 6.07 Å². The van der Waals surface area contributed by atoms with Crippen LogP contribution in [-0.4, -0.2) is 22.2 Å². The predicted octanol–water partition coefficient (Wildman–Crippen LogP) is 1.62. The largest absolute Gasteiger partial charge is 0.478 e. The molecule has 1 rings (SSSR count). The molecule has 0 saturated carbocycles. The number of rotatable bonds is 3. The molecule has 2 N–H and O–H groups in total. The van der Waals surface area contributed by atoms with Crippen LogP contribution in [0.5, 0.6) is 0 Å². The number of benzene rings is 1. The van der Waals surface area contributed by atoms with E-state index >= 15 is 0 Å². The number of halogens is 1. The van der Waals surface area contributed by atoms with Gasteiger partial charge in [0.2, 0.25) is 0 Å². The minimum Gasteiger partial charge on any atom is -0.478 e. The lowest BCUT2D eigenvalue weighted by atomic mass is 10.1. The zero-order valence-electron chi connectivity index (χ0n) is 7.48. The molecule has 1 aromatic carbocycles. The fourth-order valence-electron chi connectivity index (χ4n) is 1.02. The van der Waals surface area contributed by atoms with Gasteiger partial charge in [0, 0.05) is 6.08 Å². The summed E-state index contributed by atoms with van der Waals surface area (Å²) in [7, 11) is 0. The van der Waals surface area contributed by atoms with Crippen LogP contribution in [0.25, 0.3) is 6.08 Å². The van der Waals surface area contributed by atoms with E-state index in [0.717, 1.165) is 24.3 Å². The number of carbonyl (C=O) groups is 2. The third-order valence-electron chi connectivity index (χ3n) is 1.65. The summed E-state index contributed by atoms with van der Waals surface area (Å²) in [6.45, 7) is 0. The summed E-state index contributed by atoms with van der Waals surface area (Å²) in [5.74, 6) is -3.19. The van der Waals surface area contributed by atoms with Gasteiger partial charge in [0.25, 0.3) is 0 Å². The lowest BCUT2D eigenvalue weighted by molar-refractivity contribution is -0.131. The summed E-state index contributed by atoms with van der Waals surface area (Å²) in [5.41, 5.74) is -0.126. The average Bonchev–Trinajstić information content (AvgIpc) is 2.15. The quantitative estimate of drug-likeness (QED) is 0.743. The molecule has 0 spiro atoms. The van der Waals surface area contributed by atoms with Crippen LogP contribution in [0.15, 0.2) is 24.3 Å². The second kappa shape index (κ2) is 4.36. The summed E-state index contributed by atoms with van der Waals surface area (Å²) in [6.07, 6.45) is 1.89. The highest BCUT2D eigenvalue weighted by atomic mass is 19.1. The molecule has 0 aromatic heterocycles. The van der Waals surface area contributed by atoms with E-state index in [9.17, 15) is 14.0 Å². The Bertz CT molecular complexity index is 437. The van der Waals surface area contributed by atoms with E-state index < -0.39 is 17.8 Å². The first-order chi connectivity index (χ1) is 7.00. The van der Waals surface area contributed by atoms with Crippen molar-refractivity contribution in [2.75, 3.05) is 0 Å². The fourth-order valence-corrected chi connectivity index (χ4v) is 1.02. The van der Waals surface area contributed by atoms with E-state index in [1.165, 1.54) is 6.07 Å². The highest BCUT2D eigenvalue weighted by molar-refractivity contribution is 5.94. The molecular formula is C10H7FO4. The topological polar surface area (TPSA) is 74.6 Å². The molecule has 0 radical (unpaired) electrons. The third kappa shape index (κ3) is 2.91. The van der Waals surface area contributed by atoms with Crippen LogP contribution >= 0.6 is 0 Å². The van der Waals surface area contributed by atoms with Crippen LogP contribution in [0.3, 0.4) is 0 Å². The normalized spacial score (nSPS) is 10.5. The van der Waals surface area contributed by atoms with Gasteiger partial charge >= 0.3 is 11.9 Å². The van der Waals surface area contributed by atoms with Crippen molar-refractivity contribution in [1.82, 2.24) is 0 Å². The second-order valence-electron chi connectivity index (χ2n) is 2.71. The Morgan fingerprint density at radius 2 is 1.93 bits per heavy atom. The van der Waals surface area contributed by atoms with Gasteiger partial charge in [-0.2, -0.15) is 0 Å². The summed E-state index contributed by atoms with van der Waals surface area (Å²) in [5, 5.41) is 17.1. The Labute approximate surface area is 84.3 Å². The summed E-state index contributed by atoms with van der Waals surface area (Å²) >= 11 is 0. The molecule has 78 valence electrons. The van der Waals surface area contributed by atoms with Crippen LogP contribution < -0.4 is 0 Å². The molecule has 5 heteroatoms. The molecule has 0 atom stereocenters. The van der Waals surface area contributed by atoms with E-state index in [4.69, 9.17) is 10.2 Å². The highest BCUT2D eigenvalue weighted by Gasteiger charge is 2.09. The summed E-state index contributed by atoms with van der Waals surface area (Å²) in [6, 6.07) is 3.11. The van der Waals surface area contributed by atoms with E-state index in [-0.39, 0.29) is 11.1 Å². The second-order valence-corrected chi connectivity index (χ2v) is 2.71. The van der Waals surface area contributed by atoms with Crippen LogP contribution in [0, 0.1) is 5.82 Å². The average molecular weight is 210 g/mol. The third-order valence-corrected chi connectivity index (χ3v) is 1.65. The molecule has 0 amide bonds. The standard InChI is InChI=1S/C10H7FO4/c11-7-3-1-6(2-4-9(12)13)8(5-7)10(14)15/h1-5H,(H,12,13)(H,14,15). The Balaban J connectivity index is 3.17. The Morgan fingerprint density at radius 1 is 1.27 bits per heavy atom. The van der Waals surface area contributed by atoms with Crippen LogP contribution in [-0.2, 0) is 4.79 Å². The zero-order valence-corrected chi connectivity index (χ0v) is 7.48. The van der Waals surface area contributed by atoms with Gasteiger partial charge in [0.15, 0.2) is 0 Å². The van der Waals surface area contributed by atoms with Crippen molar-refractivity contribution in [3.8, 4) is 0 Å². The number of carboxylic acids is 2. The summed E-state index contributed by atoms with van der Waals surface area (Å²) < 4.78 is 12.7. The van der Waals surface area contributed by atoms with Crippen LogP contribution in [0.2, 0.25) is 0 Å².